The van der Waals surface area contributed by atoms with Gasteiger partial charge < -0.3 is 25.2 Å². The fourth-order valence-electron chi connectivity index (χ4n) is 4.93. The lowest BCUT2D eigenvalue weighted by Crippen LogP contribution is -2.64. The summed E-state index contributed by atoms with van der Waals surface area (Å²) in [6, 6.07) is 9.53. The Balaban J connectivity index is 1.81. The van der Waals surface area contributed by atoms with E-state index in [9.17, 15) is 19.1 Å². The first-order valence-corrected chi connectivity index (χ1v) is 13.2. The molecule has 0 bridgehead atoms. The van der Waals surface area contributed by atoms with Gasteiger partial charge >= 0.3 is 12.1 Å². The highest BCUT2D eigenvalue weighted by Crippen LogP contribution is 2.49. The molecule has 1 aliphatic heterocycles. The number of anilines is 3. The van der Waals surface area contributed by atoms with Crippen molar-refractivity contribution >= 4 is 52.9 Å². The molecule has 0 radical (unpaired) electrons. The largest absolute Gasteiger partial charge is 0.524 e. The number of quaternary nitrogens is 1. The van der Waals surface area contributed by atoms with Crippen molar-refractivity contribution in [2.75, 3.05) is 38.0 Å². The minimum atomic E-state index is -1.21. The first-order chi connectivity index (χ1) is 19.4. The summed E-state index contributed by atoms with van der Waals surface area (Å²) in [6.07, 6.45) is 2.66. The molecular weight excluding hydrogens is 553 g/mol. The Morgan fingerprint density at radius 3 is 2.54 bits per heavy atom. The first kappa shape index (κ1) is 29.9. The number of fused-ring (bicyclic) bond motifs is 1. The number of hydrogen-bond donors (Lipinski definition) is 3. The highest BCUT2D eigenvalue weighted by Gasteiger charge is 2.60. The van der Waals surface area contributed by atoms with E-state index in [2.05, 4.69) is 20.6 Å². The molecular formula is C29H32ClFN5O5+. The summed E-state index contributed by atoms with van der Waals surface area (Å²) in [6.45, 7) is 6.35. The molecule has 3 aromatic rings. The molecule has 0 saturated carbocycles. The summed E-state index contributed by atoms with van der Waals surface area (Å²) in [5.74, 6) is -0.538. The zero-order chi connectivity index (χ0) is 29.9. The van der Waals surface area contributed by atoms with E-state index >= 15 is 0 Å². The van der Waals surface area contributed by atoms with Crippen LogP contribution >= 0.6 is 11.6 Å². The molecule has 1 aromatic heterocycles. The van der Waals surface area contributed by atoms with Gasteiger partial charge in [0.2, 0.25) is 11.6 Å². The first-order valence-electron chi connectivity index (χ1n) is 12.8. The number of aromatic nitrogens is 2. The Morgan fingerprint density at radius 2 is 1.90 bits per heavy atom. The van der Waals surface area contributed by atoms with Gasteiger partial charge in [0, 0.05) is 55.4 Å². The second-order valence-corrected chi connectivity index (χ2v) is 10.8. The zero-order valence-corrected chi connectivity index (χ0v) is 24.2. The lowest BCUT2D eigenvalue weighted by Gasteiger charge is -2.40. The van der Waals surface area contributed by atoms with Gasteiger partial charge in [0.1, 0.15) is 17.2 Å². The summed E-state index contributed by atoms with van der Waals surface area (Å²) in [7, 11) is 2.85. The lowest BCUT2D eigenvalue weighted by atomic mass is 9.97. The number of amides is 1. The van der Waals surface area contributed by atoms with Crippen LogP contribution in [-0.4, -0.2) is 60.0 Å². The summed E-state index contributed by atoms with van der Waals surface area (Å²) < 4.78 is 23.0. The van der Waals surface area contributed by atoms with Crippen molar-refractivity contribution in [3.8, 4) is 11.1 Å². The Bertz CT molecular complexity index is 1520. The molecule has 1 aliphatic rings. The monoisotopic (exact) mass is 584 g/mol. The Morgan fingerprint density at radius 1 is 1.15 bits per heavy atom. The molecule has 216 valence electrons. The van der Waals surface area contributed by atoms with Gasteiger partial charge in [-0.25, -0.2) is 14.2 Å². The fraction of sp³-hybridized carbons (Fsp3) is 0.310. The number of nitrogens with one attached hydrogen (secondary N) is 2. The molecule has 10 nitrogen and oxygen atoms in total. The summed E-state index contributed by atoms with van der Waals surface area (Å²) in [4.78, 5) is 34.9. The van der Waals surface area contributed by atoms with Gasteiger partial charge in [-0.05, 0) is 57.0 Å². The Kier molecular flexibility index (Phi) is 8.62. The number of nitrogens with zero attached hydrogens (tertiary/aromatic N) is 3. The van der Waals surface area contributed by atoms with Crippen LogP contribution in [-0.2, 0) is 14.3 Å². The Hall–Kier alpha value is -4.06. The minimum Gasteiger partial charge on any atom is -0.462 e. The van der Waals surface area contributed by atoms with E-state index in [1.165, 1.54) is 25.3 Å². The standard InChI is InChI=1S/C29H31ClFN5O5/c1-29(2,3)36(28(38)39)23-13-17(7-8-18(23)14-24(36)26(37)41-5)20-16-33-27(35-25(20)32-11-6-12-40-4)34-19-9-10-22(31)21(30)15-19/h7-10,13-16H,6,11-12H2,1-5H3,(H2-,32,33,34,35,37,38,39)/p+1. The maximum Gasteiger partial charge on any atom is 0.524 e. The van der Waals surface area contributed by atoms with E-state index in [0.29, 0.717) is 53.5 Å². The van der Waals surface area contributed by atoms with Crippen molar-refractivity contribution in [3.05, 3.63) is 64.7 Å². The number of carbonyl (C=O) groups is 2. The molecule has 3 N–H and O–H groups in total. The van der Waals surface area contributed by atoms with Crippen molar-refractivity contribution in [2.45, 2.75) is 32.7 Å². The van der Waals surface area contributed by atoms with E-state index in [1.54, 1.807) is 52.3 Å². The number of hydrogen-bond acceptors (Lipinski definition) is 8. The number of methoxy groups -OCH3 is 2. The van der Waals surface area contributed by atoms with Gasteiger partial charge in [0.25, 0.3) is 0 Å². The third-order valence-corrected chi connectivity index (χ3v) is 7.12. The molecule has 1 atom stereocenters. The molecule has 41 heavy (non-hydrogen) atoms. The van der Waals surface area contributed by atoms with Crippen molar-refractivity contribution in [1.29, 1.82) is 0 Å². The predicted octanol–water partition coefficient (Wildman–Crippen LogP) is 6.44. The highest BCUT2D eigenvalue weighted by atomic mass is 35.5. The smallest absolute Gasteiger partial charge is 0.462 e. The SMILES string of the molecule is COCCCNc1nc(Nc2ccc(F)c(Cl)c2)ncc1-c1ccc2c(c1)[N+](C(=O)O)(C(C)(C)C)C(C(=O)OC)=C2. The second kappa shape index (κ2) is 11.8. The maximum absolute atomic E-state index is 13.6. The van der Waals surface area contributed by atoms with Crippen LogP contribution in [0.3, 0.4) is 0 Å². The van der Waals surface area contributed by atoms with E-state index < -0.39 is 27.9 Å². The predicted molar refractivity (Wildman–Crippen MR) is 157 cm³/mol. The highest BCUT2D eigenvalue weighted by molar-refractivity contribution is 6.31. The summed E-state index contributed by atoms with van der Waals surface area (Å²) in [5.41, 5.74) is 1.81. The minimum absolute atomic E-state index is 0.00585. The fourth-order valence-corrected chi connectivity index (χ4v) is 5.11. The van der Waals surface area contributed by atoms with Crippen LogP contribution in [0.2, 0.25) is 5.02 Å². The average Bonchev–Trinajstić information content (AvgIpc) is 3.29. The number of carbonyl (C=O) groups excluding carboxylic acids is 1. The molecule has 0 spiro atoms. The van der Waals surface area contributed by atoms with E-state index in [0.717, 1.165) is 0 Å². The number of halogens is 2. The molecule has 4 rings (SSSR count). The van der Waals surface area contributed by atoms with Crippen molar-refractivity contribution in [2.24, 2.45) is 0 Å². The quantitative estimate of drug-likeness (QED) is 0.148. The molecule has 0 fully saturated rings. The molecule has 2 aromatic carbocycles. The number of carboxylic acid groups (broad SMARTS) is 1. The van der Waals surface area contributed by atoms with Crippen LogP contribution in [0.1, 0.15) is 32.8 Å². The van der Waals surface area contributed by atoms with Crippen molar-refractivity contribution < 1.29 is 28.6 Å². The van der Waals surface area contributed by atoms with Gasteiger partial charge in [-0.1, -0.05) is 17.7 Å². The van der Waals surface area contributed by atoms with Crippen LogP contribution < -0.4 is 15.1 Å². The molecule has 2 heterocycles. The molecule has 0 aliphatic carbocycles. The molecule has 1 amide bonds. The third-order valence-electron chi connectivity index (χ3n) is 6.83. The van der Waals surface area contributed by atoms with Crippen LogP contribution in [0, 0.1) is 5.82 Å². The van der Waals surface area contributed by atoms with Crippen molar-refractivity contribution in [1.82, 2.24) is 14.5 Å². The van der Waals surface area contributed by atoms with Crippen LogP contribution in [0.5, 0.6) is 0 Å². The second-order valence-electron chi connectivity index (χ2n) is 10.4. The lowest BCUT2D eigenvalue weighted by molar-refractivity contribution is -0.138. The number of ether oxygens (including phenoxy) is 2. The summed E-state index contributed by atoms with van der Waals surface area (Å²) >= 11 is 5.92. The van der Waals surface area contributed by atoms with Gasteiger partial charge in [-0.2, -0.15) is 9.78 Å². The third kappa shape index (κ3) is 5.61. The Labute approximate surface area is 242 Å². The number of rotatable bonds is 9. The van der Waals surface area contributed by atoms with Crippen LogP contribution in [0.15, 0.2) is 48.3 Å². The molecule has 0 saturated heterocycles. The van der Waals surface area contributed by atoms with Gasteiger partial charge in [-0.3, -0.25) is 0 Å². The van der Waals surface area contributed by atoms with Gasteiger partial charge in [-0.15, -0.1) is 4.48 Å². The van der Waals surface area contributed by atoms with E-state index in [-0.39, 0.29) is 16.7 Å². The van der Waals surface area contributed by atoms with E-state index in [4.69, 9.17) is 21.1 Å². The van der Waals surface area contributed by atoms with Gasteiger partial charge in [0.15, 0.2) is 5.69 Å². The maximum atomic E-state index is 13.6. The average molecular weight is 585 g/mol. The summed E-state index contributed by atoms with van der Waals surface area (Å²) in [5, 5.41) is 16.9. The molecule has 1 unspecified atom stereocenters. The topological polar surface area (TPSA) is 123 Å². The van der Waals surface area contributed by atoms with Crippen LogP contribution in [0.25, 0.3) is 17.2 Å². The number of esters is 1. The zero-order valence-electron chi connectivity index (χ0n) is 23.4. The van der Waals surface area contributed by atoms with Crippen LogP contribution in [0.4, 0.5) is 32.3 Å². The molecule has 12 heteroatoms. The normalized spacial score (nSPS) is 16.1. The number of benzene rings is 2. The van der Waals surface area contributed by atoms with Crippen molar-refractivity contribution in [3.63, 3.8) is 0 Å². The van der Waals surface area contributed by atoms with E-state index in [1.807, 2.05) is 6.07 Å². The van der Waals surface area contributed by atoms with Gasteiger partial charge in [0.05, 0.1) is 12.1 Å².